The minimum atomic E-state index is -4.34. The van der Waals surface area contributed by atoms with Crippen LogP contribution in [-0.2, 0) is 68.7 Å². The number of hydrogen-bond acceptors (Lipinski definition) is 17. The van der Waals surface area contributed by atoms with Crippen molar-refractivity contribution in [3.63, 3.8) is 0 Å². The SMILES string of the molecule is CC(CCCOCCOCCOCCOCCOCC(C)(C)C)Nc1ccc2ccc3cccc4ccc1c2c34.CN(CCS(=O)(=O)[O-])S(C)(=O)=O.CN(CCS(=O)(=O)[O-])S(C)(=O)=O.COC(C)(C)C. The van der Waals surface area contributed by atoms with Crippen molar-refractivity contribution < 1.29 is 71.2 Å². The summed E-state index contributed by atoms with van der Waals surface area (Å²) in [6, 6.07) is 20.3. The van der Waals surface area contributed by atoms with E-state index in [1.54, 1.807) is 7.11 Å². The molecule has 0 saturated heterocycles. The fourth-order valence-corrected chi connectivity index (χ4v) is 7.83. The van der Waals surface area contributed by atoms with Crippen LogP contribution in [0.3, 0.4) is 0 Å². The molecule has 4 aromatic carbocycles. The highest BCUT2D eigenvalue weighted by atomic mass is 32.2. The van der Waals surface area contributed by atoms with Crippen LogP contribution in [0.25, 0.3) is 32.3 Å². The van der Waals surface area contributed by atoms with Gasteiger partial charge in [-0.3, -0.25) is 0 Å². The number of sulfonamides is 2. The van der Waals surface area contributed by atoms with Gasteiger partial charge in [0.25, 0.3) is 0 Å². The zero-order valence-electron chi connectivity index (χ0n) is 43.1. The van der Waals surface area contributed by atoms with Crippen molar-refractivity contribution in [2.75, 3.05) is 130 Å². The third-order valence-electron chi connectivity index (χ3n) is 9.94. The fourth-order valence-electron chi connectivity index (χ4n) is 5.76. The number of nitrogens with zero attached hydrogens (tertiary/aromatic N) is 2. The third-order valence-corrected chi connectivity index (χ3v) is 13.9. The van der Waals surface area contributed by atoms with Crippen molar-refractivity contribution in [1.29, 1.82) is 0 Å². The second-order valence-electron chi connectivity index (χ2n) is 18.7. The lowest BCUT2D eigenvalue weighted by atomic mass is 9.93. The van der Waals surface area contributed by atoms with E-state index in [9.17, 15) is 42.8 Å². The molecule has 0 bridgehead atoms. The number of rotatable bonds is 27. The van der Waals surface area contributed by atoms with E-state index in [1.165, 1.54) is 52.1 Å². The van der Waals surface area contributed by atoms with Crippen LogP contribution in [0.2, 0.25) is 0 Å². The van der Waals surface area contributed by atoms with Gasteiger partial charge in [-0.05, 0) is 78.9 Å². The summed E-state index contributed by atoms with van der Waals surface area (Å²) in [6.07, 6.45) is 3.92. The average Bonchev–Trinajstić information content (AvgIpc) is 3.24. The molecule has 0 amide bonds. The molecule has 70 heavy (non-hydrogen) atoms. The molecule has 4 rings (SSSR count). The number of ether oxygens (including phenoxy) is 6. The van der Waals surface area contributed by atoms with E-state index < -0.39 is 51.8 Å². The summed E-state index contributed by atoms with van der Waals surface area (Å²) in [6.45, 7) is 20.3. The summed E-state index contributed by atoms with van der Waals surface area (Å²) in [4.78, 5) is 0. The smallest absolute Gasteiger partial charge is 0.210 e. The maximum atomic E-state index is 10.7. The second kappa shape index (κ2) is 31.0. The first-order chi connectivity index (χ1) is 32.2. The van der Waals surface area contributed by atoms with E-state index >= 15 is 0 Å². The van der Waals surface area contributed by atoms with Crippen molar-refractivity contribution in [3.8, 4) is 0 Å². The van der Waals surface area contributed by atoms with Crippen LogP contribution in [-0.4, -0.2) is 187 Å². The molecule has 0 aliphatic heterocycles. The average molecular weight is 1070 g/mol. The highest BCUT2D eigenvalue weighted by molar-refractivity contribution is 7.89. The zero-order valence-corrected chi connectivity index (χ0v) is 46.4. The lowest BCUT2D eigenvalue weighted by molar-refractivity contribution is -0.0170. The Kier molecular flexibility index (Phi) is 28.8. The Balaban J connectivity index is 0.000000662. The lowest BCUT2D eigenvalue weighted by Crippen LogP contribution is -2.30. The molecule has 0 aromatic heterocycles. The van der Waals surface area contributed by atoms with Gasteiger partial charge in [0.1, 0.15) is 0 Å². The van der Waals surface area contributed by atoms with Gasteiger partial charge < -0.3 is 42.8 Å². The molecule has 0 aliphatic carbocycles. The highest BCUT2D eigenvalue weighted by Crippen LogP contribution is 2.38. The van der Waals surface area contributed by atoms with E-state index in [-0.39, 0.29) is 24.1 Å². The predicted octanol–water partition coefficient (Wildman–Crippen LogP) is 5.57. The van der Waals surface area contributed by atoms with Crippen LogP contribution in [0.1, 0.15) is 61.3 Å². The summed E-state index contributed by atoms with van der Waals surface area (Å²) in [5, 5.41) is 11.6. The molecule has 0 saturated carbocycles. The van der Waals surface area contributed by atoms with Crippen molar-refractivity contribution in [2.24, 2.45) is 5.41 Å². The second-order valence-corrected chi connectivity index (χ2v) is 26.0. The van der Waals surface area contributed by atoms with Crippen LogP contribution in [0.15, 0.2) is 54.6 Å². The molecule has 0 fully saturated rings. The lowest BCUT2D eigenvalue weighted by Gasteiger charge is -2.19. The Morgan fingerprint density at radius 2 is 0.943 bits per heavy atom. The minimum absolute atomic E-state index is 0.0417. The van der Waals surface area contributed by atoms with Crippen LogP contribution >= 0.6 is 0 Å². The zero-order chi connectivity index (χ0) is 53.4. The van der Waals surface area contributed by atoms with Gasteiger partial charge in [0.2, 0.25) is 20.0 Å². The quantitative estimate of drug-likeness (QED) is 0.0435. The summed E-state index contributed by atoms with van der Waals surface area (Å²) < 4.78 is 138. The van der Waals surface area contributed by atoms with E-state index in [2.05, 4.69) is 87.6 Å². The first-order valence-electron chi connectivity index (χ1n) is 22.8. The molecule has 404 valence electrons. The number of benzene rings is 4. The summed E-state index contributed by atoms with van der Waals surface area (Å²) in [7, 11) is -11.3. The standard InChI is InChI=1S/C34H47NO5.C5H12O.2C4H11NO5S2/c1-26(7-6-16-36-17-18-37-19-20-38-21-22-39-23-24-40-25-34(2,3)4)35-31-15-13-29-11-10-27-8-5-9-28-12-14-30(31)33(29)32(27)28;1-5(2,3)6-4;2*1-5(11(2,6)7)3-4-12(8,9)10/h5,8-15,26,35H,6-7,16-25H2,1-4H3;1-4H3;2*3-4H2,1-2H3,(H,8,9,10)/p-2. The van der Waals surface area contributed by atoms with Gasteiger partial charge in [-0.25, -0.2) is 42.3 Å². The number of anilines is 1. The van der Waals surface area contributed by atoms with E-state index in [0.29, 0.717) is 58.9 Å². The van der Waals surface area contributed by atoms with E-state index in [1.807, 2.05) is 20.8 Å². The highest BCUT2D eigenvalue weighted by Gasteiger charge is 2.14. The number of methoxy groups -OCH3 is 1. The largest absolute Gasteiger partial charge is 0.748 e. The normalized spacial score (nSPS) is 13.2. The first kappa shape index (κ1) is 65.1. The van der Waals surface area contributed by atoms with Gasteiger partial charge in [-0.15, -0.1) is 0 Å². The maximum absolute atomic E-state index is 10.7. The Morgan fingerprint density at radius 1 is 0.571 bits per heavy atom. The van der Waals surface area contributed by atoms with Crippen LogP contribution in [0.4, 0.5) is 5.69 Å². The van der Waals surface area contributed by atoms with Crippen molar-refractivity contribution in [2.45, 2.75) is 73.0 Å². The van der Waals surface area contributed by atoms with E-state index in [0.717, 1.165) is 47.2 Å². The molecule has 23 heteroatoms. The molecule has 1 N–H and O–H groups in total. The predicted molar refractivity (Wildman–Crippen MR) is 277 cm³/mol. The minimum Gasteiger partial charge on any atom is -0.748 e. The maximum Gasteiger partial charge on any atom is 0.210 e. The molecular weight excluding hydrogens is 991 g/mol. The monoisotopic (exact) mass is 1070 g/mol. The van der Waals surface area contributed by atoms with Gasteiger partial charge in [-0.2, -0.15) is 0 Å². The van der Waals surface area contributed by atoms with Gasteiger partial charge in [0, 0.05) is 58.0 Å². The summed E-state index contributed by atoms with van der Waals surface area (Å²) >= 11 is 0. The van der Waals surface area contributed by atoms with Crippen LogP contribution in [0, 0.1) is 5.41 Å². The molecule has 4 aromatic rings. The number of nitrogens with one attached hydrogen (secondary N) is 1. The fraction of sp³-hybridized carbons (Fsp3) is 0.660. The molecule has 0 radical (unpaired) electrons. The molecule has 1 atom stereocenters. The summed E-state index contributed by atoms with van der Waals surface area (Å²) in [5.74, 6) is -1.40. The molecule has 0 aliphatic rings. The molecule has 0 heterocycles. The van der Waals surface area contributed by atoms with Crippen molar-refractivity contribution >= 4 is 78.3 Å². The third kappa shape index (κ3) is 30.2. The molecule has 1 unspecified atom stereocenters. The Morgan fingerprint density at radius 3 is 1.33 bits per heavy atom. The van der Waals surface area contributed by atoms with Gasteiger partial charge in [0.05, 0.1) is 109 Å². The van der Waals surface area contributed by atoms with Crippen molar-refractivity contribution in [1.82, 2.24) is 8.61 Å². The first-order valence-corrected chi connectivity index (χ1v) is 29.7. The molecule has 19 nitrogen and oxygen atoms in total. The Labute approximate surface area is 418 Å². The topological polar surface area (TPSA) is 257 Å². The Hall–Kier alpha value is -2.88. The van der Waals surface area contributed by atoms with Crippen LogP contribution < -0.4 is 5.32 Å². The molecular formula is C47H79N3O16S4-2. The van der Waals surface area contributed by atoms with Gasteiger partial charge in [0.15, 0.2) is 0 Å². The van der Waals surface area contributed by atoms with Gasteiger partial charge in [-0.1, -0.05) is 69.3 Å². The number of hydrogen-bond donors (Lipinski definition) is 1. The summed E-state index contributed by atoms with van der Waals surface area (Å²) in [5.41, 5.74) is 1.43. The molecule has 0 spiro atoms. The van der Waals surface area contributed by atoms with Crippen molar-refractivity contribution in [3.05, 3.63) is 54.6 Å². The van der Waals surface area contributed by atoms with Crippen LogP contribution in [0.5, 0.6) is 0 Å². The van der Waals surface area contributed by atoms with E-state index in [4.69, 9.17) is 28.4 Å². The Bertz CT molecular complexity index is 2460. The van der Waals surface area contributed by atoms with Gasteiger partial charge >= 0.3 is 0 Å².